The lowest BCUT2D eigenvalue weighted by Gasteiger charge is -2.36. The van der Waals surface area contributed by atoms with Gasteiger partial charge in [0.2, 0.25) is 0 Å². The van der Waals surface area contributed by atoms with E-state index in [1.165, 1.54) is 57.4 Å². The van der Waals surface area contributed by atoms with Crippen molar-refractivity contribution in [2.45, 2.75) is 78.1 Å². The lowest BCUT2D eigenvalue weighted by atomic mass is 9.68. The first-order valence-electron chi connectivity index (χ1n) is 11.2. The summed E-state index contributed by atoms with van der Waals surface area (Å²) >= 11 is 0. The van der Waals surface area contributed by atoms with E-state index in [0.29, 0.717) is 17.4 Å². The molecule has 0 bridgehead atoms. The first kappa shape index (κ1) is 21.2. The van der Waals surface area contributed by atoms with Crippen molar-refractivity contribution in [3.05, 3.63) is 41.5 Å². The van der Waals surface area contributed by atoms with Crippen LogP contribution in [-0.4, -0.2) is 5.78 Å². The molecule has 1 aromatic carbocycles. The second-order valence-corrected chi connectivity index (χ2v) is 8.98. The molecule has 2 atom stereocenters. The number of benzene rings is 1. The number of unbranched alkanes of at least 4 members (excludes halogenated alkanes) is 2. The standard InChI is InChI=1S/C25H34F2O/c1-3-4-5-6-18-7-9-19(10-8-18)17(2)22-13-11-21(16-25(22)28)20-12-14-23(26)24(27)15-20/h12,14-19,22H,3-11,13H2,1-2H3. The van der Waals surface area contributed by atoms with E-state index in [1.54, 1.807) is 12.1 Å². The van der Waals surface area contributed by atoms with Crippen molar-refractivity contribution in [1.82, 2.24) is 0 Å². The quantitative estimate of drug-likeness (QED) is 0.446. The monoisotopic (exact) mass is 388 g/mol. The van der Waals surface area contributed by atoms with Crippen molar-refractivity contribution in [3.63, 3.8) is 0 Å². The number of halogens is 2. The molecule has 0 aromatic heterocycles. The number of allylic oxidation sites excluding steroid dienone is 2. The van der Waals surface area contributed by atoms with Gasteiger partial charge in [-0.1, -0.05) is 58.4 Å². The molecule has 0 heterocycles. The Morgan fingerprint density at radius 1 is 1.04 bits per heavy atom. The lowest BCUT2D eigenvalue weighted by Crippen LogP contribution is -2.31. The maximum Gasteiger partial charge on any atom is 0.159 e. The highest BCUT2D eigenvalue weighted by molar-refractivity contribution is 6.00. The van der Waals surface area contributed by atoms with E-state index in [4.69, 9.17) is 0 Å². The van der Waals surface area contributed by atoms with Gasteiger partial charge in [-0.3, -0.25) is 4.79 Å². The molecule has 0 radical (unpaired) electrons. The minimum atomic E-state index is -0.850. The van der Waals surface area contributed by atoms with Gasteiger partial charge in [0.1, 0.15) is 0 Å². The van der Waals surface area contributed by atoms with E-state index in [-0.39, 0.29) is 11.7 Å². The van der Waals surface area contributed by atoms with Crippen LogP contribution >= 0.6 is 0 Å². The van der Waals surface area contributed by atoms with Gasteiger partial charge in [0.25, 0.3) is 0 Å². The Bertz CT molecular complexity index is 700. The van der Waals surface area contributed by atoms with Crippen LogP contribution in [0.25, 0.3) is 5.57 Å². The molecule has 0 aliphatic heterocycles. The van der Waals surface area contributed by atoms with Crippen molar-refractivity contribution in [2.24, 2.45) is 23.7 Å². The van der Waals surface area contributed by atoms with Crippen LogP contribution in [-0.2, 0) is 4.79 Å². The predicted molar refractivity (Wildman–Crippen MR) is 111 cm³/mol. The van der Waals surface area contributed by atoms with Crippen LogP contribution in [0.2, 0.25) is 0 Å². The van der Waals surface area contributed by atoms with Gasteiger partial charge in [-0.2, -0.15) is 0 Å². The van der Waals surface area contributed by atoms with E-state index in [2.05, 4.69) is 13.8 Å². The van der Waals surface area contributed by atoms with Crippen molar-refractivity contribution in [1.29, 1.82) is 0 Å². The van der Waals surface area contributed by atoms with Crippen molar-refractivity contribution in [2.75, 3.05) is 0 Å². The lowest BCUT2D eigenvalue weighted by molar-refractivity contribution is -0.121. The summed E-state index contributed by atoms with van der Waals surface area (Å²) in [6, 6.07) is 3.92. The van der Waals surface area contributed by atoms with Gasteiger partial charge in [-0.05, 0) is 72.8 Å². The molecule has 2 unspecified atom stereocenters. The van der Waals surface area contributed by atoms with Gasteiger partial charge in [-0.25, -0.2) is 8.78 Å². The average Bonchev–Trinajstić information content (AvgIpc) is 2.70. The van der Waals surface area contributed by atoms with Crippen LogP contribution in [0.1, 0.15) is 83.6 Å². The van der Waals surface area contributed by atoms with Crippen molar-refractivity contribution < 1.29 is 13.6 Å². The third kappa shape index (κ3) is 5.10. The van der Waals surface area contributed by atoms with Crippen LogP contribution < -0.4 is 0 Å². The van der Waals surface area contributed by atoms with E-state index in [1.807, 2.05) is 0 Å². The topological polar surface area (TPSA) is 17.1 Å². The summed E-state index contributed by atoms with van der Waals surface area (Å²) in [5.74, 6) is 0.498. The second-order valence-electron chi connectivity index (χ2n) is 8.98. The number of hydrogen-bond donors (Lipinski definition) is 0. The molecular formula is C25H34F2O. The van der Waals surface area contributed by atoms with Crippen LogP contribution in [0, 0.1) is 35.3 Å². The van der Waals surface area contributed by atoms with Crippen LogP contribution in [0.5, 0.6) is 0 Å². The molecule has 0 saturated heterocycles. The first-order valence-corrected chi connectivity index (χ1v) is 11.2. The minimum absolute atomic E-state index is 0.0793. The Morgan fingerprint density at radius 3 is 2.43 bits per heavy atom. The maximum absolute atomic E-state index is 13.5. The maximum atomic E-state index is 13.5. The normalized spacial score (nSPS) is 26.8. The molecule has 3 rings (SSSR count). The van der Waals surface area contributed by atoms with Crippen molar-refractivity contribution >= 4 is 11.4 Å². The molecule has 2 aliphatic rings. The van der Waals surface area contributed by atoms with Gasteiger partial charge < -0.3 is 0 Å². The molecule has 1 saturated carbocycles. The van der Waals surface area contributed by atoms with Gasteiger partial charge >= 0.3 is 0 Å². The molecule has 0 spiro atoms. The number of ketones is 1. The molecule has 0 N–H and O–H groups in total. The molecule has 3 heteroatoms. The molecule has 0 amide bonds. The SMILES string of the molecule is CCCCCC1CCC(C(C)C2CCC(c3ccc(F)c(F)c3)=CC2=O)CC1. The highest BCUT2D eigenvalue weighted by atomic mass is 19.2. The first-order chi connectivity index (χ1) is 13.5. The third-order valence-corrected chi connectivity index (χ3v) is 7.18. The number of carbonyl (C=O) groups is 1. The van der Waals surface area contributed by atoms with E-state index >= 15 is 0 Å². The highest BCUT2D eigenvalue weighted by Crippen LogP contribution is 2.41. The Labute approximate surface area is 168 Å². The van der Waals surface area contributed by atoms with E-state index < -0.39 is 11.6 Å². The largest absolute Gasteiger partial charge is 0.295 e. The zero-order chi connectivity index (χ0) is 20.1. The summed E-state index contributed by atoms with van der Waals surface area (Å²) < 4.78 is 26.7. The molecular weight excluding hydrogens is 354 g/mol. The molecule has 1 aromatic rings. The van der Waals surface area contributed by atoms with E-state index in [9.17, 15) is 13.6 Å². The minimum Gasteiger partial charge on any atom is -0.295 e. The molecule has 1 fully saturated rings. The Kier molecular flexibility index (Phi) is 7.42. The summed E-state index contributed by atoms with van der Waals surface area (Å²) in [5, 5.41) is 0. The Morgan fingerprint density at radius 2 is 1.79 bits per heavy atom. The van der Waals surface area contributed by atoms with Gasteiger partial charge in [0.05, 0.1) is 0 Å². The fourth-order valence-corrected chi connectivity index (χ4v) is 5.26. The van der Waals surface area contributed by atoms with Gasteiger partial charge in [-0.15, -0.1) is 0 Å². The third-order valence-electron chi connectivity index (χ3n) is 7.18. The fourth-order valence-electron chi connectivity index (χ4n) is 5.26. The van der Waals surface area contributed by atoms with Gasteiger partial charge in [0.15, 0.2) is 17.4 Å². The second kappa shape index (κ2) is 9.80. The fraction of sp³-hybridized carbons (Fsp3) is 0.640. The highest BCUT2D eigenvalue weighted by Gasteiger charge is 2.34. The smallest absolute Gasteiger partial charge is 0.159 e. The predicted octanol–water partition coefficient (Wildman–Crippen LogP) is 7.35. The number of hydrogen-bond acceptors (Lipinski definition) is 1. The number of rotatable bonds is 7. The van der Waals surface area contributed by atoms with Crippen LogP contribution in [0.4, 0.5) is 8.78 Å². The van der Waals surface area contributed by atoms with Gasteiger partial charge in [0, 0.05) is 5.92 Å². The van der Waals surface area contributed by atoms with Crippen molar-refractivity contribution in [3.8, 4) is 0 Å². The summed E-state index contributed by atoms with van der Waals surface area (Å²) in [5.41, 5.74) is 1.47. The molecule has 28 heavy (non-hydrogen) atoms. The summed E-state index contributed by atoms with van der Waals surface area (Å²) in [6.07, 6.45) is 13.8. The Balaban J connectivity index is 1.56. The molecule has 1 nitrogen and oxygen atoms in total. The Hall–Kier alpha value is -1.51. The molecule has 154 valence electrons. The summed E-state index contributed by atoms with van der Waals surface area (Å²) in [6.45, 7) is 4.51. The molecule has 2 aliphatic carbocycles. The summed E-state index contributed by atoms with van der Waals surface area (Å²) in [7, 11) is 0. The van der Waals surface area contributed by atoms with Crippen LogP contribution in [0.15, 0.2) is 24.3 Å². The summed E-state index contributed by atoms with van der Waals surface area (Å²) in [4.78, 5) is 12.8. The zero-order valence-corrected chi connectivity index (χ0v) is 17.4. The number of carbonyl (C=O) groups excluding carboxylic acids is 1. The van der Waals surface area contributed by atoms with Crippen LogP contribution in [0.3, 0.4) is 0 Å². The zero-order valence-electron chi connectivity index (χ0n) is 17.4. The van der Waals surface area contributed by atoms with E-state index in [0.717, 1.165) is 30.4 Å². The average molecular weight is 389 g/mol.